The number of hydrogen-bond acceptors (Lipinski definition) is 2. The van der Waals surface area contributed by atoms with Crippen LogP contribution in [0.5, 0.6) is 0 Å². The van der Waals surface area contributed by atoms with Gasteiger partial charge in [-0.3, -0.25) is 4.79 Å². The first-order valence-corrected chi connectivity index (χ1v) is 6.59. The quantitative estimate of drug-likeness (QED) is 0.789. The molecule has 0 aliphatic carbocycles. The molecule has 0 saturated carbocycles. The highest BCUT2D eigenvalue weighted by atomic mass is 79.9. The molecule has 1 aromatic heterocycles. The van der Waals surface area contributed by atoms with Crippen molar-refractivity contribution in [2.24, 2.45) is 0 Å². The molecule has 84 valence electrons. The lowest BCUT2D eigenvalue weighted by Crippen LogP contribution is -2.38. The Bertz CT molecular complexity index is 336. The summed E-state index contributed by atoms with van der Waals surface area (Å²) >= 11 is 6.55. The van der Waals surface area contributed by atoms with Gasteiger partial charge in [-0.15, -0.1) is 0 Å². The zero-order valence-electron chi connectivity index (χ0n) is 8.67. The molecule has 0 saturated heterocycles. The van der Waals surface area contributed by atoms with Crippen LogP contribution >= 0.6 is 31.9 Å². The molecule has 0 fully saturated rings. The molecule has 1 amide bonds. The summed E-state index contributed by atoms with van der Waals surface area (Å²) in [4.78, 5) is 13.9. The maximum absolute atomic E-state index is 12.1. The second-order valence-corrected chi connectivity index (χ2v) is 4.90. The van der Waals surface area contributed by atoms with Gasteiger partial charge in [0.05, 0.1) is 11.8 Å². The number of rotatable bonds is 4. The molecule has 3 nitrogen and oxygen atoms in total. The van der Waals surface area contributed by atoms with E-state index in [1.165, 1.54) is 6.26 Å². The minimum absolute atomic E-state index is 0.00919. The monoisotopic (exact) mass is 337 g/mol. The molecule has 1 aromatic rings. The molecule has 0 aromatic carbocycles. The first-order chi connectivity index (χ1) is 7.07. The Labute approximate surface area is 106 Å². The minimum atomic E-state index is -0.00919. The van der Waals surface area contributed by atoms with Crippen molar-refractivity contribution in [3.63, 3.8) is 0 Å². The van der Waals surface area contributed by atoms with Crippen LogP contribution in [0, 0.1) is 0 Å². The van der Waals surface area contributed by atoms with Crippen LogP contribution < -0.4 is 0 Å². The topological polar surface area (TPSA) is 33.5 Å². The predicted molar refractivity (Wildman–Crippen MR) is 66.4 cm³/mol. The summed E-state index contributed by atoms with van der Waals surface area (Å²) in [6.45, 7) is 4.68. The lowest BCUT2D eigenvalue weighted by Gasteiger charge is -2.25. The van der Waals surface area contributed by atoms with Gasteiger partial charge in [-0.2, -0.15) is 0 Å². The first kappa shape index (κ1) is 12.8. The van der Waals surface area contributed by atoms with Crippen molar-refractivity contribution in [1.82, 2.24) is 4.90 Å². The molecule has 0 bridgehead atoms. The van der Waals surface area contributed by atoms with Crippen molar-refractivity contribution in [3.8, 4) is 0 Å². The Balaban J connectivity index is 2.86. The highest BCUT2D eigenvalue weighted by Gasteiger charge is 2.21. The van der Waals surface area contributed by atoms with Crippen LogP contribution in [0.15, 0.2) is 21.4 Å². The Morgan fingerprint density at radius 1 is 1.60 bits per heavy atom. The molecule has 15 heavy (non-hydrogen) atoms. The van der Waals surface area contributed by atoms with Gasteiger partial charge in [0.1, 0.15) is 0 Å². The van der Waals surface area contributed by atoms with Crippen molar-refractivity contribution in [1.29, 1.82) is 0 Å². The maximum Gasteiger partial charge on any atom is 0.258 e. The number of halogens is 2. The van der Waals surface area contributed by atoms with E-state index in [4.69, 9.17) is 4.42 Å². The fourth-order valence-electron chi connectivity index (χ4n) is 1.29. The van der Waals surface area contributed by atoms with E-state index in [2.05, 4.69) is 31.9 Å². The van der Waals surface area contributed by atoms with Crippen LogP contribution in [0.25, 0.3) is 0 Å². The number of carbonyl (C=O) groups is 1. The number of hydrogen-bond donors (Lipinski definition) is 0. The molecule has 1 rings (SSSR count). The van der Waals surface area contributed by atoms with Gasteiger partial charge in [0.25, 0.3) is 5.91 Å². The van der Waals surface area contributed by atoms with Crippen molar-refractivity contribution >= 4 is 37.8 Å². The van der Waals surface area contributed by atoms with Gasteiger partial charge in [0.15, 0.2) is 4.67 Å². The van der Waals surface area contributed by atoms with Crippen molar-refractivity contribution in [3.05, 3.63) is 22.6 Å². The van der Waals surface area contributed by atoms with Crippen LogP contribution in [0.1, 0.15) is 24.2 Å². The van der Waals surface area contributed by atoms with E-state index in [9.17, 15) is 4.79 Å². The summed E-state index contributed by atoms with van der Waals surface area (Å²) in [5.74, 6) is -0.00919. The molecule has 0 N–H and O–H groups in total. The van der Waals surface area contributed by atoms with E-state index in [-0.39, 0.29) is 11.9 Å². The van der Waals surface area contributed by atoms with Crippen LogP contribution in [0.4, 0.5) is 0 Å². The Kier molecular flexibility index (Phi) is 4.86. The standard InChI is InChI=1S/C10H13Br2NO2/c1-7(2)13(5-4-11)10(14)8-3-6-15-9(8)12/h3,6-7H,4-5H2,1-2H3. The SMILES string of the molecule is CC(C)N(CCBr)C(=O)c1ccoc1Br. The van der Waals surface area contributed by atoms with Gasteiger partial charge in [-0.05, 0) is 35.8 Å². The molecular formula is C10H13Br2NO2. The lowest BCUT2D eigenvalue weighted by atomic mass is 10.2. The Morgan fingerprint density at radius 2 is 2.27 bits per heavy atom. The summed E-state index contributed by atoms with van der Waals surface area (Å²) < 4.78 is 5.54. The molecular weight excluding hydrogens is 326 g/mol. The summed E-state index contributed by atoms with van der Waals surface area (Å²) in [5, 5.41) is 0.770. The fourth-order valence-corrected chi connectivity index (χ4v) is 2.08. The Morgan fingerprint density at radius 3 is 2.67 bits per heavy atom. The molecule has 0 atom stereocenters. The van der Waals surface area contributed by atoms with Gasteiger partial charge in [-0.1, -0.05) is 15.9 Å². The normalized spacial score (nSPS) is 10.7. The van der Waals surface area contributed by atoms with E-state index < -0.39 is 0 Å². The zero-order chi connectivity index (χ0) is 11.4. The largest absolute Gasteiger partial charge is 0.457 e. The summed E-state index contributed by atoms with van der Waals surface area (Å²) in [5.41, 5.74) is 0.574. The van der Waals surface area contributed by atoms with Gasteiger partial charge in [0, 0.05) is 17.9 Å². The minimum Gasteiger partial charge on any atom is -0.457 e. The van der Waals surface area contributed by atoms with E-state index in [0.717, 1.165) is 5.33 Å². The van der Waals surface area contributed by atoms with Gasteiger partial charge in [-0.25, -0.2) is 0 Å². The molecule has 0 radical (unpaired) electrons. The number of nitrogens with zero attached hydrogens (tertiary/aromatic N) is 1. The summed E-state index contributed by atoms with van der Waals surface area (Å²) in [6.07, 6.45) is 1.50. The second kappa shape index (κ2) is 5.70. The number of carbonyl (C=O) groups excluding carboxylic acids is 1. The van der Waals surface area contributed by atoms with Crippen LogP contribution in [-0.2, 0) is 0 Å². The van der Waals surface area contributed by atoms with E-state index in [1.807, 2.05) is 13.8 Å². The number of alkyl halides is 1. The average molecular weight is 339 g/mol. The summed E-state index contributed by atoms with van der Waals surface area (Å²) in [6, 6.07) is 1.85. The highest BCUT2D eigenvalue weighted by Crippen LogP contribution is 2.20. The smallest absolute Gasteiger partial charge is 0.258 e. The number of amides is 1. The van der Waals surface area contributed by atoms with Gasteiger partial charge in [0.2, 0.25) is 0 Å². The Hall–Kier alpha value is -0.290. The van der Waals surface area contributed by atoms with E-state index in [1.54, 1.807) is 11.0 Å². The van der Waals surface area contributed by atoms with Crippen molar-refractivity contribution in [2.75, 3.05) is 11.9 Å². The van der Waals surface area contributed by atoms with Crippen LogP contribution in [0.3, 0.4) is 0 Å². The van der Waals surface area contributed by atoms with Crippen molar-refractivity contribution in [2.45, 2.75) is 19.9 Å². The van der Waals surface area contributed by atoms with Gasteiger partial charge < -0.3 is 9.32 Å². The molecule has 0 aliphatic rings. The molecule has 0 spiro atoms. The lowest BCUT2D eigenvalue weighted by molar-refractivity contribution is 0.0717. The second-order valence-electron chi connectivity index (χ2n) is 3.39. The first-order valence-electron chi connectivity index (χ1n) is 4.67. The number of furan rings is 1. The zero-order valence-corrected chi connectivity index (χ0v) is 11.8. The van der Waals surface area contributed by atoms with Crippen molar-refractivity contribution < 1.29 is 9.21 Å². The third kappa shape index (κ3) is 3.08. The predicted octanol–water partition coefficient (Wildman–Crippen LogP) is 3.29. The molecule has 0 aliphatic heterocycles. The maximum atomic E-state index is 12.1. The molecule has 0 unspecified atom stereocenters. The third-order valence-corrected chi connectivity index (χ3v) is 3.03. The van der Waals surface area contributed by atoms with E-state index >= 15 is 0 Å². The summed E-state index contributed by atoms with van der Waals surface area (Å²) in [7, 11) is 0. The van der Waals surface area contributed by atoms with E-state index in [0.29, 0.717) is 16.8 Å². The fraction of sp³-hybridized carbons (Fsp3) is 0.500. The third-order valence-electron chi connectivity index (χ3n) is 2.06. The van der Waals surface area contributed by atoms with Gasteiger partial charge >= 0.3 is 0 Å². The average Bonchev–Trinajstić information content (AvgIpc) is 2.59. The van der Waals surface area contributed by atoms with Crippen LogP contribution in [0.2, 0.25) is 0 Å². The highest BCUT2D eigenvalue weighted by molar-refractivity contribution is 9.10. The molecule has 1 heterocycles. The molecule has 5 heteroatoms. The van der Waals surface area contributed by atoms with Crippen LogP contribution in [-0.4, -0.2) is 28.7 Å².